The number of aliphatic imine (C=N–C) groups is 2. The average Bonchev–Trinajstić information content (AvgIpc) is 2.60. The largest absolute Gasteiger partial charge is 0.369 e. The van der Waals surface area contributed by atoms with Crippen molar-refractivity contribution in [2.24, 2.45) is 17.0 Å². The molecule has 0 saturated heterocycles. The van der Waals surface area contributed by atoms with Crippen molar-refractivity contribution in [3.05, 3.63) is 10.1 Å². The highest BCUT2D eigenvalue weighted by Crippen LogP contribution is 2.35. The standard InChI is InChI=1S/C10H17N7O2/c1-14(2)6-11-9-8(17(18)19)10(16(5)13-9)12-7-15(3)4/h6-7H,1-5H3/b11-6?,12-7+. The molecule has 0 aliphatic carbocycles. The first-order valence-electron chi connectivity index (χ1n) is 5.45. The zero-order valence-corrected chi connectivity index (χ0v) is 11.6. The van der Waals surface area contributed by atoms with Gasteiger partial charge in [-0.3, -0.25) is 10.1 Å². The number of aryl methyl sites for hydroxylation is 1. The fraction of sp³-hybridized carbons (Fsp3) is 0.500. The van der Waals surface area contributed by atoms with Gasteiger partial charge in [-0.15, -0.1) is 5.10 Å². The van der Waals surface area contributed by atoms with E-state index in [9.17, 15) is 10.1 Å². The molecule has 0 aliphatic rings. The lowest BCUT2D eigenvalue weighted by Crippen LogP contribution is -2.07. The maximum absolute atomic E-state index is 11.1. The Morgan fingerprint density at radius 3 is 2.21 bits per heavy atom. The summed E-state index contributed by atoms with van der Waals surface area (Å²) in [5.41, 5.74) is -0.210. The quantitative estimate of drug-likeness (QED) is 0.340. The SMILES string of the molecule is CN(C)C=Nc1nn(C)c(/N=C/N(C)C)c1[N+](=O)[O-]. The molecule has 0 atom stereocenters. The van der Waals surface area contributed by atoms with Crippen LogP contribution in [0.1, 0.15) is 0 Å². The molecule has 0 saturated carbocycles. The van der Waals surface area contributed by atoms with Crippen LogP contribution in [0.15, 0.2) is 9.98 Å². The predicted molar refractivity (Wildman–Crippen MR) is 73.5 cm³/mol. The van der Waals surface area contributed by atoms with Crippen LogP contribution in [-0.4, -0.2) is 65.4 Å². The summed E-state index contributed by atoms with van der Waals surface area (Å²) in [5.74, 6) is 0.191. The highest BCUT2D eigenvalue weighted by molar-refractivity contribution is 5.74. The molecule has 1 rings (SSSR count). The minimum absolute atomic E-state index is 0.0344. The summed E-state index contributed by atoms with van der Waals surface area (Å²) < 4.78 is 1.33. The number of hydrogen-bond acceptors (Lipinski definition) is 5. The Bertz CT molecular complexity index is 516. The molecule has 0 aliphatic heterocycles. The van der Waals surface area contributed by atoms with E-state index < -0.39 is 4.92 Å². The summed E-state index contributed by atoms with van der Waals surface area (Å²) in [6, 6.07) is 0. The first kappa shape index (κ1) is 14.6. The summed E-state index contributed by atoms with van der Waals surface area (Å²) in [4.78, 5) is 22.0. The van der Waals surface area contributed by atoms with Gasteiger partial charge in [0.25, 0.3) is 5.82 Å². The molecule has 0 unspecified atom stereocenters. The second-order valence-corrected chi connectivity index (χ2v) is 4.29. The average molecular weight is 267 g/mol. The molecular weight excluding hydrogens is 250 g/mol. The van der Waals surface area contributed by atoms with Gasteiger partial charge in [-0.1, -0.05) is 0 Å². The maximum atomic E-state index is 11.1. The zero-order chi connectivity index (χ0) is 14.6. The summed E-state index contributed by atoms with van der Waals surface area (Å²) in [6.45, 7) is 0. The molecule has 0 spiro atoms. The minimum atomic E-state index is -0.530. The van der Waals surface area contributed by atoms with E-state index in [1.54, 1.807) is 45.0 Å². The van der Waals surface area contributed by atoms with Crippen LogP contribution in [0.25, 0.3) is 0 Å². The molecule has 9 nitrogen and oxygen atoms in total. The lowest BCUT2D eigenvalue weighted by molar-refractivity contribution is -0.383. The van der Waals surface area contributed by atoms with Crippen molar-refractivity contribution in [3.63, 3.8) is 0 Å². The fourth-order valence-corrected chi connectivity index (χ4v) is 1.23. The van der Waals surface area contributed by atoms with Crippen LogP contribution in [0.2, 0.25) is 0 Å². The van der Waals surface area contributed by atoms with Gasteiger partial charge in [0, 0.05) is 35.2 Å². The Balaban J connectivity index is 3.28. The molecule has 0 aromatic carbocycles. The smallest absolute Gasteiger partial charge is 0.359 e. The number of hydrogen-bond donors (Lipinski definition) is 0. The summed E-state index contributed by atoms with van der Waals surface area (Å²) in [6.07, 6.45) is 2.93. The summed E-state index contributed by atoms with van der Waals surface area (Å²) >= 11 is 0. The van der Waals surface area contributed by atoms with E-state index in [0.717, 1.165) is 0 Å². The van der Waals surface area contributed by atoms with Crippen molar-refractivity contribution in [1.82, 2.24) is 19.6 Å². The monoisotopic (exact) mass is 267 g/mol. The third kappa shape index (κ3) is 3.76. The molecule has 0 fully saturated rings. The second kappa shape index (κ2) is 5.94. The highest BCUT2D eigenvalue weighted by atomic mass is 16.6. The summed E-state index contributed by atoms with van der Waals surface area (Å²) in [7, 11) is 8.67. The van der Waals surface area contributed by atoms with Crippen LogP contribution in [0.4, 0.5) is 17.3 Å². The fourth-order valence-electron chi connectivity index (χ4n) is 1.23. The third-order valence-electron chi connectivity index (χ3n) is 1.98. The Hall–Kier alpha value is -2.45. The van der Waals surface area contributed by atoms with Crippen molar-refractivity contribution < 1.29 is 4.92 Å². The van der Waals surface area contributed by atoms with Crippen molar-refractivity contribution in [2.75, 3.05) is 28.2 Å². The van der Waals surface area contributed by atoms with Crippen LogP contribution >= 0.6 is 0 Å². The molecule has 19 heavy (non-hydrogen) atoms. The molecule has 104 valence electrons. The molecule has 0 bridgehead atoms. The van der Waals surface area contributed by atoms with Gasteiger partial charge in [-0.2, -0.15) is 0 Å². The van der Waals surface area contributed by atoms with Crippen molar-refractivity contribution in [3.8, 4) is 0 Å². The molecular formula is C10H17N7O2. The minimum Gasteiger partial charge on any atom is -0.369 e. The van der Waals surface area contributed by atoms with E-state index in [2.05, 4.69) is 15.1 Å². The molecule has 0 amide bonds. The van der Waals surface area contributed by atoms with E-state index in [1.165, 1.54) is 17.4 Å². The van der Waals surface area contributed by atoms with E-state index in [-0.39, 0.29) is 17.3 Å². The Labute approximate surface area is 111 Å². The van der Waals surface area contributed by atoms with Crippen LogP contribution in [0, 0.1) is 10.1 Å². The number of nitro groups is 1. The van der Waals surface area contributed by atoms with Gasteiger partial charge in [-0.05, 0) is 0 Å². The second-order valence-electron chi connectivity index (χ2n) is 4.29. The highest BCUT2D eigenvalue weighted by Gasteiger charge is 2.26. The lowest BCUT2D eigenvalue weighted by atomic mass is 10.5. The number of rotatable bonds is 5. The molecule has 0 N–H and O–H groups in total. The van der Waals surface area contributed by atoms with E-state index in [1.807, 2.05) is 0 Å². The van der Waals surface area contributed by atoms with Crippen LogP contribution in [0.5, 0.6) is 0 Å². The summed E-state index contributed by atoms with van der Waals surface area (Å²) in [5, 5.41) is 15.1. The topological polar surface area (TPSA) is 92.2 Å². The molecule has 1 aromatic rings. The Morgan fingerprint density at radius 1 is 1.21 bits per heavy atom. The first-order valence-corrected chi connectivity index (χ1v) is 5.45. The molecule has 1 heterocycles. The van der Waals surface area contributed by atoms with E-state index in [0.29, 0.717) is 0 Å². The van der Waals surface area contributed by atoms with Crippen molar-refractivity contribution in [2.45, 2.75) is 0 Å². The Kier molecular flexibility index (Phi) is 4.56. The third-order valence-corrected chi connectivity index (χ3v) is 1.98. The van der Waals surface area contributed by atoms with E-state index in [4.69, 9.17) is 0 Å². The number of nitrogens with zero attached hydrogens (tertiary/aromatic N) is 7. The van der Waals surface area contributed by atoms with Gasteiger partial charge in [0.2, 0.25) is 5.82 Å². The molecule has 1 aromatic heterocycles. The molecule has 9 heteroatoms. The lowest BCUT2D eigenvalue weighted by Gasteiger charge is -2.01. The predicted octanol–water partition coefficient (Wildman–Crippen LogP) is 0.771. The van der Waals surface area contributed by atoms with Gasteiger partial charge in [0.15, 0.2) is 0 Å². The van der Waals surface area contributed by atoms with Gasteiger partial charge < -0.3 is 9.80 Å². The van der Waals surface area contributed by atoms with Gasteiger partial charge in [-0.25, -0.2) is 14.7 Å². The zero-order valence-electron chi connectivity index (χ0n) is 11.6. The van der Waals surface area contributed by atoms with Crippen molar-refractivity contribution in [1.29, 1.82) is 0 Å². The van der Waals surface area contributed by atoms with E-state index >= 15 is 0 Å². The normalized spacial score (nSPS) is 11.4. The maximum Gasteiger partial charge on any atom is 0.359 e. The number of aromatic nitrogens is 2. The van der Waals surface area contributed by atoms with Crippen LogP contribution < -0.4 is 0 Å². The van der Waals surface area contributed by atoms with Gasteiger partial charge >= 0.3 is 5.69 Å². The first-order chi connectivity index (χ1) is 8.82. The van der Waals surface area contributed by atoms with Crippen LogP contribution in [0.3, 0.4) is 0 Å². The van der Waals surface area contributed by atoms with Gasteiger partial charge in [0.05, 0.1) is 17.6 Å². The van der Waals surface area contributed by atoms with Crippen LogP contribution in [-0.2, 0) is 7.05 Å². The van der Waals surface area contributed by atoms with Crippen molar-refractivity contribution >= 4 is 30.0 Å². The molecule has 0 radical (unpaired) electrons. The van der Waals surface area contributed by atoms with Gasteiger partial charge in [0.1, 0.15) is 0 Å². The Morgan fingerprint density at radius 2 is 1.74 bits per heavy atom.